The van der Waals surface area contributed by atoms with Gasteiger partial charge in [0.05, 0.1) is 12.6 Å². The van der Waals surface area contributed by atoms with Gasteiger partial charge < -0.3 is 14.5 Å². The third-order valence-electron chi connectivity index (χ3n) is 2.53. The summed E-state index contributed by atoms with van der Waals surface area (Å²) in [6, 6.07) is -0.850. The molecule has 0 saturated carbocycles. The van der Waals surface area contributed by atoms with Crippen molar-refractivity contribution in [1.82, 2.24) is 9.96 Å². The monoisotopic (exact) mass is 324 g/mol. The predicted octanol–water partition coefficient (Wildman–Crippen LogP) is 0.684. The van der Waals surface area contributed by atoms with E-state index in [2.05, 4.69) is 9.57 Å². The van der Waals surface area contributed by atoms with Crippen LogP contribution >= 0.6 is 0 Å². The highest BCUT2D eigenvalue weighted by Crippen LogP contribution is 2.28. The first-order chi connectivity index (χ1) is 9.34. The van der Waals surface area contributed by atoms with Gasteiger partial charge in [-0.2, -0.15) is 26.3 Å². The molecule has 0 aromatic carbocycles. The number of hydroxylamine groups is 2. The van der Waals surface area contributed by atoms with Gasteiger partial charge in [0.25, 0.3) is 0 Å². The molecule has 0 aliphatic carbocycles. The van der Waals surface area contributed by atoms with Gasteiger partial charge in [0, 0.05) is 0 Å². The maximum atomic E-state index is 12.1. The van der Waals surface area contributed by atoms with Crippen LogP contribution in [0.3, 0.4) is 0 Å². The highest BCUT2D eigenvalue weighted by Gasteiger charge is 2.53. The Morgan fingerprint density at radius 2 is 1.52 bits per heavy atom. The molecule has 0 aromatic rings. The van der Waals surface area contributed by atoms with E-state index in [0.29, 0.717) is 0 Å². The lowest BCUT2D eigenvalue weighted by Gasteiger charge is -2.47. The number of esters is 1. The number of carbonyl (C=O) groups excluding carboxylic acids is 2. The zero-order chi connectivity index (χ0) is 16.6. The summed E-state index contributed by atoms with van der Waals surface area (Å²) in [5.74, 6) is -5.21. The summed E-state index contributed by atoms with van der Waals surface area (Å²) in [6.07, 6.45) is -12.4. The Kier molecular flexibility index (Phi) is 4.73. The summed E-state index contributed by atoms with van der Waals surface area (Å²) < 4.78 is 76.3. The number of alkyl halides is 6. The zero-order valence-corrected chi connectivity index (χ0v) is 10.7. The van der Waals surface area contributed by atoms with Gasteiger partial charge in [0.1, 0.15) is 0 Å². The number of nitrogens with zero attached hydrogens (tertiary/aromatic N) is 2. The SMILES string of the molecule is CN(C)C1CN(OC(=O)C(F)(F)F)C1OC(=O)C(F)(F)F. The van der Waals surface area contributed by atoms with Gasteiger partial charge in [-0.25, -0.2) is 9.59 Å². The minimum Gasteiger partial charge on any atom is -0.435 e. The van der Waals surface area contributed by atoms with E-state index in [4.69, 9.17) is 0 Å². The quantitative estimate of drug-likeness (QED) is 0.562. The highest BCUT2D eigenvalue weighted by molar-refractivity contribution is 5.76. The van der Waals surface area contributed by atoms with Crippen LogP contribution in [0.25, 0.3) is 0 Å². The average Bonchev–Trinajstić information content (AvgIpc) is 2.26. The van der Waals surface area contributed by atoms with Crippen LogP contribution in [0.1, 0.15) is 0 Å². The molecule has 6 nitrogen and oxygen atoms in total. The molecule has 0 spiro atoms. The zero-order valence-electron chi connectivity index (χ0n) is 10.7. The standard InChI is InChI=1S/C9H10F6N2O4/c1-16(2)4-3-17(21-7(19)9(13,14)15)5(4)20-6(18)8(10,11)12/h4-5H,3H2,1-2H3. The highest BCUT2D eigenvalue weighted by atomic mass is 19.4. The second kappa shape index (κ2) is 5.67. The molecule has 2 unspecified atom stereocenters. The van der Waals surface area contributed by atoms with E-state index in [-0.39, 0.29) is 11.6 Å². The number of ether oxygens (including phenoxy) is 1. The molecule has 0 amide bonds. The first kappa shape index (κ1) is 17.5. The normalized spacial score (nSPS) is 23.7. The van der Waals surface area contributed by atoms with Crippen LogP contribution < -0.4 is 0 Å². The van der Waals surface area contributed by atoms with Crippen molar-refractivity contribution in [3.05, 3.63) is 0 Å². The van der Waals surface area contributed by atoms with Crippen LogP contribution in [0.5, 0.6) is 0 Å². The van der Waals surface area contributed by atoms with Crippen molar-refractivity contribution < 1.29 is 45.5 Å². The van der Waals surface area contributed by atoms with Gasteiger partial charge in [-0.1, -0.05) is 5.06 Å². The van der Waals surface area contributed by atoms with Crippen LogP contribution in [-0.2, 0) is 19.2 Å². The van der Waals surface area contributed by atoms with Crippen LogP contribution in [0.15, 0.2) is 0 Å². The van der Waals surface area contributed by atoms with Crippen molar-refractivity contribution in [1.29, 1.82) is 0 Å². The molecule has 1 heterocycles. The number of hydrogen-bond donors (Lipinski definition) is 0. The molecule has 0 N–H and O–H groups in total. The Labute approximate surface area is 114 Å². The summed E-state index contributed by atoms with van der Waals surface area (Å²) in [5.41, 5.74) is 0. The third kappa shape index (κ3) is 4.20. The van der Waals surface area contributed by atoms with Crippen LogP contribution in [0, 0.1) is 0 Å². The molecule has 2 atom stereocenters. The molecular weight excluding hydrogens is 314 g/mol. The summed E-state index contributed by atoms with van der Waals surface area (Å²) in [6.45, 7) is -0.343. The van der Waals surface area contributed by atoms with Crippen molar-refractivity contribution >= 4 is 11.9 Å². The van der Waals surface area contributed by atoms with Gasteiger partial charge in [-0.05, 0) is 14.1 Å². The predicted molar refractivity (Wildman–Crippen MR) is 52.3 cm³/mol. The van der Waals surface area contributed by atoms with E-state index < -0.39 is 36.6 Å². The van der Waals surface area contributed by atoms with Crippen LogP contribution in [0.2, 0.25) is 0 Å². The fourth-order valence-corrected chi connectivity index (χ4v) is 1.41. The lowest BCUT2D eigenvalue weighted by molar-refractivity contribution is -0.323. The Balaban J connectivity index is 2.74. The maximum Gasteiger partial charge on any atom is 0.492 e. The molecule has 1 rings (SSSR count). The van der Waals surface area contributed by atoms with Gasteiger partial charge in [0.15, 0.2) is 0 Å². The van der Waals surface area contributed by atoms with E-state index in [0.717, 1.165) is 0 Å². The summed E-state index contributed by atoms with van der Waals surface area (Å²) >= 11 is 0. The summed E-state index contributed by atoms with van der Waals surface area (Å²) in [7, 11) is 2.81. The summed E-state index contributed by atoms with van der Waals surface area (Å²) in [4.78, 5) is 26.5. The fraction of sp³-hybridized carbons (Fsp3) is 0.778. The molecule has 0 bridgehead atoms. The fourth-order valence-electron chi connectivity index (χ4n) is 1.41. The molecule has 1 fully saturated rings. The van der Waals surface area contributed by atoms with Crippen LogP contribution in [0.4, 0.5) is 26.3 Å². The summed E-state index contributed by atoms with van der Waals surface area (Å²) in [5, 5.41) is 0.226. The van der Waals surface area contributed by atoms with Crippen LogP contribution in [-0.4, -0.2) is 67.2 Å². The van der Waals surface area contributed by atoms with Crippen molar-refractivity contribution in [2.45, 2.75) is 24.6 Å². The number of halogens is 6. The Morgan fingerprint density at radius 1 is 1.05 bits per heavy atom. The van der Waals surface area contributed by atoms with E-state index in [1.54, 1.807) is 0 Å². The molecule has 0 aromatic heterocycles. The second-order valence-corrected chi connectivity index (χ2v) is 4.30. The minimum absolute atomic E-state index is 0.226. The van der Waals surface area contributed by atoms with Gasteiger partial charge in [-0.3, -0.25) is 0 Å². The largest absolute Gasteiger partial charge is 0.492 e. The van der Waals surface area contributed by atoms with E-state index in [1.807, 2.05) is 0 Å². The lowest BCUT2D eigenvalue weighted by Crippen LogP contribution is -2.67. The molecule has 1 aliphatic heterocycles. The first-order valence-corrected chi connectivity index (χ1v) is 5.34. The Morgan fingerprint density at radius 3 is 1.90 bits per heavy atom. The lowest BCUT2D eigenvalue weighted by atomic mass is 10.1. The average molecular weight is 324 g/mol. The third-order valence-corrected chi connectivity index (χ3v) is 2.53. The van der Waals surface area contributed by atoms with Gasteiger partial charge in [0.2, 0.25) is 6.23 Å². The topological polar surface area (TPSA) is 59.1 Å². The number of rotatable bonds is 3. The molecule has 1 saturated heterocycles. The first-order valence-electron chi connectivity index (χ1n) is 5.34. The minimum atomic E-state index is -5.32. The van der Waals surface area contributed by atoms with Crippen molar-refractivity contribution in [2.24, 2.45) is 0 Å². The van der Waals surface area contributed by atoms with Crippen molar-refractivity contribution in [3.63, 3.8) is 0 Å². The van der Waals surface area contributed by atoms with Crippen molar-refractivity contribution in [2.75, 3.05) is 20.6 Å². The van der Waals surface area contributed by atoms with E-state index in [9.17, 15) is 35.9 Å². The maximum absolute atomic E-state index is 12.1. The smallest absolute Gasteiger partial charge is 0.435 e. The molecule has 0 radical (unpaired) electrons. The van der Waals surface area contributed by atoms with Gasteiger partial charge >= 0.3 is 24.3 Å². The van der Waals surface area contributed by atoms with Crippen molar-refractivity contribution in [3.8, 4) is 0 Å². The molecule has 12 heteroatoms. The van der Waals surface area contributed by atoms with Gasteiger partial charge in [-0.15, -0.1) is 0 Å². The Hall–Kier alpha value is -1.56. The van der Waals surface area contributed by atoms with E-state index in [1.165, 1.54) is 19.0 Å². The number of hydrogen-bond acceptors (Lipinski definition) is 6. The second-order valence-electron chi connectivity index (χ2n) is 4.30. The molecule has 1 aliphatic rings. The molecular formula is C9H10F6N2O4. The molecule has 21 heavy (non-hydrogen) atoms. The molecule has 122 valence electrons. The van der Waals surface area contributed by atoms with E-state index >= 15 is 0 Å². The Bertz CT molecular complexity index is 421. The number of carbonyl (C=O) groups is 2. The number of likely N-dealkylation sites (N-methyl/N-ethyl adjacent to an activating group) is 1.